The van der Waals surface area contributed by atoms with E-state index in [0.29, 0.717) is 19.1 Å². The van der Waals surface area contributed by atoms with Gasteiger partial charge in [-0.25, -0.2) is 0 Å². The molecule has 4 nitrogen and oxygen atoms in total. The number of amides is 1. The quantitative estimate of drug-likeness (QED) is 0.854. The van der Waals surface area contributed by atoms with Gasteiger partial charge in [0, 0.05) is 25.2 Å². The number of benzene rings is 1. The highest BCUT2D eigenvalue weighted by molar-refractivity contribution is 5.78. The number of carbonyl (C=O) groups excluding carboxylic acids is 1. The summed E-state index contributed by atoms with van der Waals surface area (Å²) in [6.07, 6.45) is 0. The van der Waals surface area contributed by atoms with E-state index in [1.54, 1.807) is 12.0 Å². The molecule has 1 aromatic rings. The molecule has 106 valence electrons. The standard InChI is InChI=1S/C15H24N2O2/c1-11(2)16-9-15(18)17(4)10-13-8-12(3)6-7-14(13)19-5/h6-8,11,16H,9-10H2,1-5H3. The average molecular weight is 264 g/mol. The van der Waals surface area contributed by atoms with Gasteiger partial charge in [-0.3, -0.25) is 4.79 Å². The van der Waals surface area contributed by atoms with Gasteiger partial charge in [0.2, 0.25) is 5.91 Å². The fraction of sp³-hybridized carbons (Fsp3) is 0.533. The molecule has 0 aliphatic carbocycles. The second-order valence-electron chi connectivity index (χ2n) is 5.10. The lowest BCUT2D eigenvalue weighted by atomic mass is 10.1. The summed E-state index contributed by atoms with van der Waals surface area (Å²) in [6, 6.07) is 6.31. The smallest absolute Gasteiger partial charge is 0.236 e. The summed E-state index contributed by atoms with van der Waals surface area (Å²) in [5.74, 6) is 0.902. The van der Waals surface area contributed by atoms with Gasteiger partial charge >= 0.3 is 0 Å². The van der Waals surface area contributed by atoms with Gasteiger partial charge in [0.1, 0.15) is 5.75 Å². The number of likely N-dealkylation sites (N-methyl/N-ethyl adjacent to an activating group) is 1. The number of hydrogen-bond donors (Lipinski definition) is 1. The number of nitrogens with one attached hydrogen (secondary N) is 1. The van der Waals surface area contributed by atoms with E-state index in [1.165, 1.54) is 0 Å². The first kappa shape index (κ1) is 15.5. The molecule has 1 aromatic carbocycles. The highest BCUT2D eigenvalue weighted by Crippen LogP contribution is 2.20. The molecule has 1 amide bonds. The van der Waals surface area contributed by atoms with Crippen LogP contribution in [-0.4, -0.2) is 37.6 Å². The van der Waals surface area contributed by atoms with E-state index >= 15 is 0 Å². The van der Waals surface area contributed by atoms with E-state index in [9.17, 15) is 4.79 Å². The fourth-order valence-corrected chi connectivity index (χ4v) is 1.80. The van der Waals surface area contributed by atoms with Crippen molar-refractivity contribution in [3.8, 4) is 5.75 Å². The number of carbonyl (C=O) groups is 1. The number of aryl methyl sites for hydroxylation is 1. The van der Waals surface area contributed by atoms with Crippen molar-refractivity contribution in [1.82, 2.24) is 10.2 Å². The molecule has 0 saturated heterocycles. The normalized spacial score (nSPS) is 10.6. The first-order chi connectivity index (χ1) is 8.93. The van der Waals surface area contributed by atoms with Gasteiger partial charge in [0.05, 0.1) is 13.7 Å². The zero-order chi connectivity index (χ0) is 14.4. The van der Waals surface area contributed by atoms with Crippen LogP contribution < -0.4 is 10.1 Å². The van der Waals surface area contributed by atoms with E-state index in [2.05, 4.69) is 11.4 Å². The molecule has 4 heteroatoms. The third-order valence-corrected chi connectivity index (χ3v) is 2.93. The summed E-state index contributed by atoms with van der Waals surface area (Å²) in [6.45, 7) is 7.00. The van der Waals surface area contributed by atoms with Crippen LogP contribution in [0.15, 0.2) is 18.2 Å². The Balaban J connectivity index is 2.68. The molecule has 19 heavy (non-hydrogen) atoms. The van der Waals surface area contributed by atoms with Crippen molar-refractivity contribution in [2.75, 3.05) is 20.7 Å². The summed E-state index contributed by atoms with van der Waals surface area (Å²) >= 11 is 0. The van der Waals surface area contributed by atoms with Crippen LogP contribution in [0.4, 0.5) is 0 Å². The van der Waals surface area contributed by atoms with Crippen LogP contribution in [0.25, 0.3) is 0 Å². The summed E-state index contributed by atoms with van der Waals surface area (Å²) in [5.41, 5.74) is 2.19. The van der Waals surface area contributed by atoms with Crippen LogP contribution in [-0.2, 0) is 11.3 Å². The minimum atomic E-state index is 0.0808. The van der Waals surface area contributed by atoms with Gasteiger partial charge in [-0.2, -0.15) is 0 Å². The van der Waals surface area contributed by atoms with Crippen LogP contribution in [0.3, 0.4) is 0 Å². The molecule has 0 fully saturated rings. The molecule has 0 aliphatic heterocycles. The summed E-state index contributed by atoms with van der Waals surface area (Å²) in [5, 5.41) is 3.13. The molecule has 0 saturated carbocycles. The molecule has 0 aliphatic rings. The lowest BCUT2D eigenvalue weighted by Crippen LogP contribution is -2.37. The molecular formula is C15H24N2O2. The van der Waals surface area contributed by atoms with E-state index in [0.717, 1.165) is 16.9 Å². The summed E-state index contributed by atoms with van der Waals surface area (Å²) < 4.78 is 5.33. The maximum Gasteiger partial charge on any atom is 0.236 e. The Hall–Kier alpha value is -1.55. The number of methoxy groups -OCH3 is 1. The number of nitrogens with zero attached hydrogens (tertiary/aromatic N) is 1. The monoisotopic (exact) mass is 264 g/mol. The second-order valence-corrected chi connectivity index (χ2v) is 5.10. The molecule has 0 radical (unpaired) electrons. The summed E-state index contributed by atoms with van der Waals surface area (Å²) in [7, 11) is 3.46. The van der Waals surface area contributed by atoms with Crippen LogP contribution in [0.1, 0.15) is 25.0 Å². The Kier molecular flexibility index (Phi) is 5.83. The minimum absolute atomic E-state index is 0.0808. The molecule has 0 unspecified atom stereocenters. The minimum Gasteiger partial charge on any atom is -0.496 e. The maximum absolute atomic E-state index is 12.0. The van der Waals surface area contributed by atoms with E-state index < -0.39 is 0 Å². The Labute approximate surface area is 115 Å². The number of hydrogen-bond acceptors (Lipinski definition) is 3. The Morgan fingerprint density at radius 3 is 2.68 bits per heavy atom. The van der Waals surface area contributed by atoms with Gasteiger partial charge in [0.15, 0.2) is 0 Å². The largest absolute Gasteiger partial charge is 0.496 e. The van der Waals surface area contributed by atoms with Crippen molar-refractivity contribution in [1.29, 1.82) is 0 Å². The van der Waals surface area contributed by atoms with Crippen LogP contribution in [0.5, 0.6) is 5.75 Å². The summed E-state index contributed by atoms with van der Waals surface area (Å²) in [4.78, 5) is 13.7. The Morgan fingerprint density at radius 2 is 2.11 bits per heavy atom. The molecule has 0 spiro atoms. The lowest BCUT2D eigenvalue weighted by molar-refractivity contribution is -0.129. The molecule has 1 N–H and O–H groups in total. The third-order valence-electron chi connectivity index (χ3n) is 2.93. The molecule has 1 rings (SSSR count). The lowest BCUT2D eigenvalue weighted by Gasteiger charge is -2.20. The first-order valence-electron chi connectivity index (χ1n) is 6.55. The predicted molar refractivity (Wildman–Crippen MR) is 77.3 cm³/mol. The number of ether oxygens (including phenoxy) is 1. The zero-order valence-electron chi connectivity index (χ0n) is 12.5. The van der Waals surface area contributed by atoms with E-state index in [-0.39, 0.29) is 5.91 Å². The molecular weight excluding hydrogens is 240 g/mol. The van der Waals surface area contributed by atoms with Gasteiger partial charge in [-0.05, 0) is 13.0 Å². The Morgan fingerprint density at radius 1 is 1.42 bits per heavy atom. The van der Waals surface area contributed by atoms with Crippen LogP contribution in [0, 0.1) is 6.92 Å². The topological polar surface area (TPSA) is 41.6 Å². The Bertz CT molecular complexity index is 430. The fourth-order valence-electron chi connectivity index (χ4n) is 1.80. The second kappa shape index (κ2) is 7.14. The van der Waals surface area contributed by atoms with Gasteiger partial charge in [-0.15, -0.1) is 0 Å². The van der Waals surface area contributed by atoms with Crippen molar-refractivity contribution < 1.29 is 9.53 Å². The van der Waals surface area contributed by atoms with E-state index in [1.807, 2.05) is 40.0 Å². The van der Waals surface area contributed by atoms with Gasteiger partial charge in [0.25, 0.3) is 0 Å². The average Bonchev–Trinajstić information content (AvgIpc) is 2.36. The molecule has 0 heterocycles. The number of rotatable bonds is 6. The first-order valence-corrected chi connectivity index (χ1v) is 6.55. The van der Waals surface area contributed by atoms with Crippen molar-refractivity contribution in [2.24, 2.45) is 0 Å². The van der Waals surface area contributed by atoms with Crippen molar-refractivity contribution in [3.63, 3.8) is 0 Å². The van der Waals surface area contributed by atoms with Crippen LogP contribution >= 0.6 is 0 Å². The third kappa shape index (κ3) is 4.91. The molecule has 0 aromatic heterocycles. The highest BCUT2D eigenvalue weighted by Gasteiger charge is 2.12. The van der Waals surface area contributed by atoms with Gasteiger partial charge in [-0.1, -0.05) is 31.5 Å². The van der Waals surface area contributed by atoms with Crippen molar-refractivity contribution in [3.05, 3.63) is 29.3 Å². The molecule has 0 atom stereocenters. The molecule has 0 bridgehead atoms. The SMILES string of the molecule is COc1ccc(C)cc1CN(C)C(=O)CNC(C)C. The van der Waals surface area contributed by atoms with Crippen molar-refractivity contribution in [2.45, 2.75) is 33.4 Å². The zero-order valence-corrected chi connectivity index (χ0v) is 12.5. The van der Waals surface area contributed by atoms with E-state index in [4.69, 9.17) is 4.74 Å². The maximum atomic E-state index is 12.0. The van der Waals surface area contributed by atoms with Crippen molar-refractivity contribution >= 4 is 5.91 Å². The van der Waals surface area contributed by atoms with Gasteiger partial charge < -0.3 is 15.0 Å². The van der Waals surface area contributed by atoms with Crippen LogP contribution in [0.2, 0.25) is 0 Å². The predicted octanol–water partition coefficient (Wildman–Crippen LogP) is 1.96. The highest BCUT2D eigenvalue weighted by atomic mass is 16.5.